The first-order chi connectivity index (χ1) is 9.31. The molecule has 0 aromatic heterocycles. The summed E-state index contributed by atoms with van der Waals surface area (Å²) in [5, 5.41) is 10.9. The molecule has 0 unspecified atom stereocenters. The van der Waals surface area contributed by atoms with Gasteiger partial charge in [-0.1, -0.05) is 0 Å². The first-order valence-electron chi connectivity index (χ1n) is 5.58. The number of carbonyl (C=O) groups is 3. The van der Waals surface area contributed by atoms with Crippen molar-refractivity contribution in [3.05, 3.63) is 35.4 Å². The van der Waals surface area contributed by atoms with E-state index in [0.29, 0.717) is 6.07 Å². The highest BCUT2D eigenvalue weighted by Gasteiger charge is 2.22. The van der Waals surface area contributed by atoms with Crippen LogP contribution in [0.4, 0.5) is 8.78 Å². The Morgan fingerprint density at radius 1 is 1.30 bits per heavy atom. The maximum Gasteiger partial charge on any atom is 0.326 e. The van der Waals surface area contributed by atoms with Gasteiger partial charge in [-0.15, -0.1) is 0 Å². The van der Waals surface area contributed by atoms with Crippen LogP contribution in [0.15, 0.2) is 18.2 Å². The van der Waals surface area contributed by atoms with Crippen molar-refractivity contribution in [1.29, 1.82) is 0 Å². The third-order valence-corrected chi connectivity index (χ3v) is 2.46. The summed E-state index contributed by atoms with van der Waals surface area (Å²) in [6, 6.07) is 0.887. The van der Waals surface area contributed by atoms with E-state index in [4.69, 9.17) is 10.8 Å². The van der Waals surface area contributed by atoms with Crippen LogP contribution in [0.2, 0.25) is 0 Å². The number of aliphatic carboxylic acids is 1. The average Bonchev–Trinajstić information content (AvgIpc) is 2.33. The van der Waals surface area contributed by atoms with E-state index >= 15 is 0 Å². The Morgan fingerprint density at radius 3 is 2.45 bits per heavy atom. The fraction of sp³-hybridized carbons (Fsp3) is 0.250. The minimum atomic E-state index is -1.39. The molecule has 0 aliphatic rings. The highest BCUT2D eigenvalue weighted by Crippen LogP contribution is 2.10. The molecule has 0 fully saturated rings. The second kappa shape index (κ2) is 6.60. The van der Waals surface area contributed by atoms with Crippen molar-refractivity contribution in [2.24, 2.45) is 5.73 Å². The Balaban J connectivity index is 2.80. The van der Waals surface area contributed by atoms with Crippen LogP contribution < -0.4 is 11.1 Å². The van der Waals surface area contributed by atoms with E-state index in [1.807, 2.05) is 5.32 Å². The molecule has 0 bridgehead atoms. The Labute approximate surface area is 112 Å². The Hall–Kier alpha value is -2.51. The molecule has 2 amide bonds. The van der Waals surface area contributed by atoms with Gasteiger partial charge in [-0.25, -0.2) is 13.6 Å². The van der Waals surface area contributed by atoms with Crippen molar-refractivity contribution in [3.63, 3.8) is 0 Å². The quantitative estimate of drug-likeness (QED) is 0.703. The van der Waals surface area contributed by atoms with Crippen molar-refractivity contribution < 1.29 is 28.3 Å². The number of carboxylic acids is 1. The number of amides is 2. The van der Waals surface area contributed by atoms with Crippen LogP contribution >= 0.6 is 0 Å². The van der Waals surface area contributed by atoms with Crippen LogP contribution in [0.3, 0.4) is 0 Å². The van der Waals surface area contributed by atoms with Gasteiger partial charge in [0.1, 0.15) is 17.7 Å². The second-order valence-corrected chi connectivity index (χ2v) is 3.99. The topological polar surface area (TPSA) is 109 Å². The lowest BCUT2D eigenvalue weighted by molar-refractivity contribution is -0.139. The fourth-order valence-corrected chi connectivity index (χ4v) is 1.45. The maximum absolute atomic E-state index is 13.3. The fourth-order valence-electron chi connectivity index (χ4n) is 1.45. The van der Waals surface area contributed by atoms with Gasteiger partial charge in [0.2, 0.25) is 5.91 Å². The van der Waals surface area contributed by atoms with Crippen LogP contribution in [0.25, 0.3) is 0 Å². The smallest absolute Gasteiger partial charge is 0.326 e. The molecule has 6 nitrogen and oxygen atoms in total. The summed E-state index contributed by atoms with van der Waals surface area (Å²) < 4.78 is 26.0. The standard InChI is InChI=1S/C12H12F2N2O4/c13-6-1-2-7(8(14)5-6)11(18)16-9(12(19)20)3-4-10(15)17/h1-2,5,9H,3-4H2,(H2,15,17)(H,16,18)(H,19,20)/t9-/m0/s1. The number of benzene rings is 1. The number of rotatable bonds is 6. The van der Waals surface area contributed by atoms with Gasteiger partial charge in [0, 0.05) is 12.5 Å². The number of carbonyl (C=O) groups excluding carboxylic acids is 2. The summed E-state index contributed by atoms with van der Waals surface area (Å²) >= 11 is 0. The summed E-state index contributed by atoms with van der Waals surface area (Å²) in [5.41, 5.74) is 4.39. The van der Waals surface area contributed by atoms with E-state index in [1.54, 1.807) is 0 Å². The van der Waals surface area contributed by atoms with Crippen LogP contribution in [0.1, 0.15) is 23.2 Å². The molecule has 1 aromatic rings. The van der Waals surface area contributed by atoms with Gasteiger partial charge in [0.25, 0.3) is 5.91 Å². The van der Waals surface area contributed by atoms with Crippen molar-refractivity contribution in [2.75, 3.05) is 0 Å². The van der Waals surface area contributed by atoms with Crippen molar-refractivity contribution in [3.8, 4) is 0 Å². The van der Waals surface area contributed by atoms with E-state index < -0.39 is 41.0 Å². The third-order valence-electron chi connectivity index (χ3n) is 2.46. The number of halogens is 2. The minimum absolute atomic E-state index is 0.223. The number of nitrogens with one attached hydrogen (secondary N) is 1. The van der Waals surface area contributed by atoms with Crippen LogP contribution in [-0.4, -0.2) is 28.9 Å². The molecular weight excluding hydrogens is 274 g/mol. The van der Waals surface area contributed by atoms with E-state index in [1.165, 1.54) is 0 Å². The largest absolute Gasteiger partial charge is 0.480 e. The van der Waals surface area contributed by atoms with Gasteiger partial charge >= 0.3 is 5.97 Å². The Bertz CT molecular complexity index is 548. The molecule has 0 radical (unpaired) electrons. The Morgan fingerprint density at radius 2 is 1.95 bits per heavy atom. The average molecular weight is 286 g/mol. The normalized spacial score (nSPS) is 11.7. The highest BCUT2D eigenvalue weighted by atomic mass is 19.1. The number of nitrogens with two attached hydrogens (primary N) is 1. The zero-order chi connectivity index (χ0) is 15.3. The van der Waals surface area contributed by atoms with Gasteiger partial charge in [0.15, 0.2) is 0 Å². The molecule has 0 saturated carbocycles. The monoisotopic (exact) mass is 286 g/mol. The maximum atomic E-state index is 13.3. The highest BCUT2D eigenvalue weighted by molar-refractivity contribution is 5.96. The minimum Gasteiger partial charge on any atom is -0.480 e. The molecule has 0 heterocycles. The number of carboxylic acid groups (broad SMARTS) is 1. The first-order valence-corrected chi connectivity index (χ1v) is 5.58. The van der Waals surface area contributed by atoms with E-state index in [9.17, 15) is 23.2 Å². The molecule has 0 aliphatic carbocycles. The van der Waals surface area contributed by atoms with Gasteiger partial charge in [0.05, 0.1) is 5.56 Å². The second-order valence-electron chi connectivity index (χ2n) is 3.99. The lowest BCUT2D eigenvalue weighted by Gasteiger charge is -2.14. The number of hydrogen-bond acceptors (Lipinski definition) is 3. The first kappa shape index (κ1) is 15.5. The summed E-state index contributed by atoms with van der Waals surface area (Å²) in [4.78, 5) is 33.2. The summed E-state index contributed by atoms with van der Waals surface area (Å²) in [6.45, 7) is 0. The summed E-state index contributed by atoms with van der Waals surface area (Å²) in [6.07, 6.45) is -0.470. The molecule has 8 heteroatoms. The van der Waals surface area contributed by atoms with Crippen LogP contribution in [0.5, 0.6) is 0 Å². The van der Waals surface area contributed by atoms with E-state index in [-0.39, 0.29) is 12.8 Å². The predicted octanol–water partition coefficient (Wildman–Crippen LogP) is 0.413. The van der Waals surface area contributed by atoms with Crippen molar-refractivity contribution in [2.45, 2.75) is 18.9 Å². The molecule has 0 aliphatic heterocycles. The Kier molecular flexibility index (Phi) is 5.13. The molecular formula is C12H12F2N2O4. The van der Waals surface area contributed by atoms with Gasteiger partial charge in [-0.2, -0.15) is 0 Å². The molecule has 20 heavy (non-hydrogen) atoms. The lowest BCUT2D eigenvalue weighted by atomic mass is 10.1. The zero-order valence-corrected chi connectivity index (χ0v) is 10.2. The molecule has 1 rings (SSSR count). The van der Waals surface area contributed by atoms with E-state index in [2.05, 4.69) is 0 Å². The van der Waals surface area contributed by atoms with Crippen LogP contribution in [-0.2, 0) is 9.59 Å². The predicted molar refractivity (Wildman–Crippen MR) is 63.7 cm³/mol. The van der Waals surface area contributed by atoms with Gasteiger partial charge in [-0.05, 0) is 18.6 Å². The number of hydrogen-bond donors (Lipinski definition) is 3. The SMILES string of the molecule is NC(=O)CC[C@H](NC(=O)c1ccc(F)cc1F)C(=O)O. The molecule has 4 N–H and O–H groups in total. The molecule has 0 saturated heterocycles. The van der Waals surface area contributed by atoms with Crippen molar-refractivity contribution >= 4 is 17.8 Å². The molecule has 0 spiro atoms. The van der Waals surface area contributed by atoms with Crippen LogP contribution in [0, 0.1) is 11.6 Å². The summed E-state index contributed by atoms with van der Waals surface area (Å²) in [5.74, 6) is -5.09. The lowest BCUT2D eigenvalue weighted by Crippen LogP contribution is -2.41. The molecule has 1 aromatic carbocycles. The number of primary amides is 1. The zero-order valence-electron chi connectivity index (χ0n) is 10.2. The van der Waals surface area contributed by atoms with Gasteiger partial charge < -0.3 is 16.2 Å². The summed E-state index contributed by atoms with van der Waals surface area (Å²) in [7, 11) is 0. The van der Waals surface area contributed by atoms with E-state index in [0.717, 1.165) is 12.1 Å². The molecule has 108 valence electrons. The van der Waals surface area contributed by atoms with Gasteiger partial charge in [-0.3, -0.25) is 9.59 Å². The van der Waals surface area contributed by atoms with Crippen molar-refractivity contribution in [1.82, 2.24) is 5.32 Å². The third kappa shape index (κ3) is 4.30. The molecule has 1 atom stereocenters.